The molecular formula is C16H18N2O2. The smallest absolute Gasteiger partial charge is 0.142 e. The van der Waals surface area contributed by atoms with Crippen LogP contribution in [0, 0.1) is 0 Å². The van der Waals surface area contributed by atoms with Crippen molar-refractivity contribution in [1.29, 1.82) is 0 Å². The Labute approximate surface area is 118 Å². The van der Waals surface area contributed by atoms with Crippen LogP contribution in [0.3, 0.4) is 0 Å². The predicted molar refractivity (Wildman–Crippen MR) is 78.4 cm³/mol. The minimum absolute atomic E-state index is 0.490. The van der Waals surface area contributed by atoms with Gasteiger partial charge in [-0.05, 0) is 37.1 Å². The molecule has 0 bridgehead atoms. The van der Waals surface area contributed by atoms with Crippen LogP contribution in [0.1, 0.15) is 25.0 Å². The standard InChI is InChI=1S/C16H18N2O2/c1-12(19)13-7-8-16(17-11-13)18-9-4-10-20-15-6-3-2-5-14(15)18/h2-3,5-8,11-12,19H,4,9-10H2,1H3/t12-/m1/s1. The van der Waals surface area contributed by atoms with Gasteiger partial charge in [-0.3, -0.25) is 0 Å². The molecule has 1 aromatic carbocycles. The summed E-state index contributed by atoms with van der Waals surface area (Å²) in [6.07, 6.45) is 2.19. The lowest BCUT2D eigenvalue weighted by molar-refractivity contribution is 0.199. The van der Waals surface area contributed by atoms with E-state index in [4.69, 9.17) is 4.74 Å². The van der Waals surface area contributed by atoms with Gasteiger partial charge < -0.3 is 14.7 Å². The summed E-state index contributed by atoms with van der Waals surface area (Å²) in [5.74, 6) is 1.78. The third-order valence-corrected chi connectivity index (χ3v) is 3.47. The van der Waals surface area contributed by atoms with Crippen LogP contribution < -0.4 is 9.64 Å². The van der Waals surface area contributed by atoms with Crippen LogP contribution in [0.15, 0.2) is 42.6 Å². The van der Waals surface area contributed by atoms with Gasteiger partial charge in [0.25, 0.3) is 0 Å². The normalized spacial score (nSPS) is 16.0. The highest BCUT2D eigenvalue weighted by molar-refractivity contribution is 5.67. The zero-order valence-corrected chi connectivity index (χ0v) is 11.5. The van der Waals surface area contributed by atoms with E-state index in [1.807, 2.05) is 36.4 Å². The maximum atomic E-state index is 9.55. The molecule has 0 saturated heterocycles. The number of ether oxygens (including phenoxy) is 1. The van der Waals surface area contributed by atoms with E-state index in [9.17, 15) is 5.11 Å². The van der Waals surface area contributed by atoms with Gasteiger partial charge in [-0.15, -0.1) is 0 Å². The fourth-order valence-corrected chi connectivity index (χ4v) is 2.37. The van der Waals surface area contributed by atoms with Gasteiger partial charge >= 0.3 is 0 Å². The molecule has 104 valence electrons. The summed E-state index contributed by atoms with van der Waals surface area (Å²) in [5, 5.41) is 9.55. The number of benzene rings is 1. The summed E-state index contributed by atoms with van der Waals surface area (Å²) >= 11 is 0. The van der Waals surface area contributed by atoms with Gasteiger partial charge in [0.15, 0.2) is 0 Å². The van der Waals surface area contributed by atoms with Crippen molar-refractivity contribution in [3.8, 4) is 5.75 Å². The highest BCUT2D eigenvalue weighted by atomic mass is 16.5. The monoisotopic (exact) mass is 270 g/mol. The number of aliphatic hydroxyl groups is 1. The van der Waals surface area contributed by atoms with Crippen molar-refractivity contribution in [2.45, 2.75) is 19.4 Å². The second-order valence-corrected chi connectivity index (χ2v) is 4.95. The summed E-state index contributed by atoms with van der Waals surface area (Å²) in [6, 6.07) is 11.9. The molecule has 20 heavy (non-hydrogen) atoms. The molecule has 1 N–H and O–H groups in total. The third kappa shape index (κ3) is 2.47. The number of anilines is 2. The van der Waals surface area contributed by atoms with Crippen molar-refractivity contribution < 1.29 is 9.84 Å². The minimum atomic E-state index is -0.490. The molecular weight excluding hydrogens is 252 g/mol. The second kappa shape index (κ2) is 5.51. The van der Waals surface area contributed by atoms with Crippen LogP contribution >= 0.6 is 0 Å². The van der Waals surface area contributed by atoms with Crippen LogP contribution in [0.5, 0.6) is 5.75 Å². The van der Waals surface area contributed by atoms with Gasteiger partial charge in [0.2, 0.25) is 0 Å². The molecule has 1 aliphatic rings. The molecule has 0 aliphatic carbocycles. The number of fused-ring (bicyclic) bond motifs is 1. The molecule has 0 fully saturated rings. The first kappa shape index (κ1) is 12.9. The van der Waals surface area contributed by atoms with Gasteiger partial charge in [0, 0.05) is 12.7 Å². The Morgan fingerprint density at radius 1 is 1.25 bits per heavy atom. The molecule has 2 aromatic rings. The van der Waals surface area contributed by atoms with Crippen molar-refractivity contribution in [1.82, 2.24) is 4.98 Å². The van der Waals surface area contributed by atoms with E-state index in [2.05, 4.69) is 9.88 Å². The zero-order valence-electron chi connectivity index (χ0n) is 11.5. The molecule has 0 spiro atoms. The van der Waals surface area contributed by atoms with Crippen LogP contribution in [-0.2, 0) is 0 Å². The molecule has 4 nitrogen and oxygen atoms in total. The van der Waals surface area contributed by atoms with Crippen molar-refractivity contribution >= 4 is 11.5 Å². The van der Waals surface area contributed by atoms with Crippen LogP contribution in [0.25, 0.3) is 0 Å². The maximum Gasteiger partial charge on any atom is 0.142 e. The number of aromatic nitrogens is 1. The number of hydrogen-bond donors (Lipinski definition) is 1. The average molecular weight is 270 g/mol. The number of pyridine rings is 1. The lowest BCUT2D eigenvalue weighted by Crippen LogP contribution is -2.18. The molecule has 4 heteroatoms. The topological polar surface area (TPSA) is 45.6 Å². The molecule has 2 heterocycles. The van der Waals surface area contributed by atoms with Crippen molar-refractivity contribution in [2.24, 2.45) is 0 Å². The molecule has 1 atom stereocenters. The van der Waals surface area contributed by atoms with E-state index in [0.717, 1.165) is 42.4 Å². The Kier molecular flexibility index (Phi) is 3.56. The summed E-state index contributed by atoms with van der Waals surface area (Å²) in [7, 11) is 0. The first-order valence-corrected chi connectivity index (χ1v) is 6.89. The van der Waals surface area contributed by atoms with E-state index in [1.54, 1.807) is 13.1 Å². The van der Waals surface area contributed by atoms with Crippen LogP contribution in [-0.4, -0.2) is 23.2 Å². The van der Waals surface area contributed by atoms with Gasteiger partial charge in [-0.2, -0.15) is 0 Å². The maximum absolute atomic E-state index is 9.55. The Bertz CT molecular complexity index is 581. The first-order valence-electron chi connectivity index (χ1n) is 6.89. The van der Waals surface area contributed by atoms with Gasteiger partial charge in [0.05, 0.1) is 18.4 Å². The van der Waals surface area contributed by atoms with Gasteiger partial charge in [-0.25, -0.2) is 4.98 Å². The molecule has 0 radical (unpaired) electrons. The van der Waals surface area contributed by atoms with E-state index in [0.29, 0.717) is 0 Å². The summed E-state index contributed by atoms with van der Waals surface area (Å²) in [5.41, 5.74) is 1.87. The van der Waals surface area contributed by atoms with Crippen molar-refractivity contribution in [2.75, 3.05) is 18.1 Å². The molecule has 1 aliphatic heterocycles. The molecule has 1 aromatic heterocycles. The fourth-order valence-electron chi connectivity index (χ4n) is 2.37. The summed E-state index contributed by atoms with van der Waals surface area (Å²) in [4.78, 5) is 6.64. The Morgan fingerprint density at radius 3 is 2.85 bits per heavy atom. The number of hydrogen-bond acceptors (Lipinski definition) is 4. The number of para-hydroxylation sites is 2. The third-order valence-electron chi connectivity index (χ3n) is 3.47. The first-order chi connectivity index (χ1) is 9.75. The SMILES string of the molecule is C[C@@H](O)c1ccc(N2CCCOc3ccccc32)nc1. The Balaban J connectivity index is 1.97. The average Bonchev–Trinajstić information content (AvgIpc) is 2.69. The van der Waals surface area contributed by atoms with Crippen LogP contribution in [0.2, 0.25) is 0 Å². The van der Waals surface area contributed by atoms with E-state index in [1.165, 1.54) is 0 Å². The highest BCUT2D eigenvalue weighted by Gasteiger charge is 2.18. The molecule has 0 unspecified atom stereocenters. The minimum Gasteiger partial charge on any atom is -0.491 e. The largest absolute Gasteiger partial charge is 0.491 e. The fraction of sp³-hybridized carbons (Fsp3) is 0.312. The van der Waals surface area contributed by atoms with Crippen LogP contribution in [0.4, 0.5) is 11.5 Å². The summed E-state index contributed by atoms with van der Waals surface area (Å²) in [6.45, 7) is 3.34. The lowest BCUT2D eigenvalue weighted by atomic mass is 10.2. The Hall–Kier alpha value is -2.07. The second-order valence-electron chi connectivity index (χ2n) is 4.95. The molecule has 0 saturated carbocycles. The quantitative estimate of drug-likeness (QED) is 0.911. The number of aliphatic hydroxyl groups excluding tert-OH is 1. The number of rotatable bonds is 2. The van der Waals surface area contributed by atoms with Crippen molar-refractivity contribution in [3.05, 3.63) is 48.2 Å². The molecule has 0 amide bonds. The summed E-state index contributed by atoms with van der Waals surface area (Å²) < 4.78 is 5.75. The van der Waals surface area contributed by atoms with Crippen molar-refractivity contribution in [3.63, 3.8) is 0 Å². The Morgan fingerprint density at radius 2 is 2.10 bits per heavy atom. The van der Waals surface area contributed by atoms with Gasteiger partial charge in [0.1, 0.15) is 11.6 Å². The van der Waals surface area contributed by atoms with E-state index < -0.39 is 6.10 Å². The van der Waals surface area contributed by atoms with Gasteiger partial charge in [-0.1, -0.05) is 18.2 Å². The van der Waals surface area contributed by atoms with E-state index in [-0.39, 0.29) is 0 Å². The predicted octanol–water partition coefficient (Wildman–Crippen LogP) is 3.06. The van der Waals surface area contributed by atoms with E-state index >= 15 is 0 Å². The zero-order chi connectivity index (χ0) is 13.9. The molecule has 3 rings (SSSR count). The highest BCUT2D eigenvalue weighted by Crippen LogP contribution is 2.34. The lowest BCUT2D eigenvalue weighted by Gasteiger charge is -2.23. The number of nitrogens with zero attached hydrogens (tertiary/aromatic N) is 2.